The van der Waals surface area contributed by atoms with Gasteiger partial charge in [0.25, 0.3) is 11.8 Å². The van der Waals surface area contributed by atoms with E-state index in [0.29, 0.717) is 5.56 Å². The number of halogens is 1. The minimum absolute atomic E-state index is 0.0432. The number of imide groups is 1. The Morgan fingerprint density at radius 2 is 1.51 bits per heavy atom. The molecular formula is C43H64FN5O8. The highest BCUT2D eigenvalue weighted by Crippen LogP contribution is 2.30. The molecule has 1 aromatic carbocycles. The summed E-state index contributed by atoms with van der Waals surface area (Å²) in [7, 11) is 3.24. The summed E-state index contributed by atoms with van der Waals surface area (Å²) in [6.07, 6.45) is 4.21. The van der Waals surface area contributed by atoms with Gasteiger partial charge in [-0.2, -0.15) is 0 Å². The van der Waals surface area contributed by atoms with Crippen molar-refractivity contribution >= 4 is 41.3 Å². The van der Waals surface area contributed by atoms with Gasteiger partial charge in [0, 0.05) is 49.6 Å². The monoisotopic (exact) mass is 797 g/mol. The molecule has 0 aromatic heterocycles. The van der Waals surface area contributed by atoms with Gasteiger partial charge in [-0.15, -0.1) is 0 Å². The highest BCUT2D eigenvalue weighted by atomic mass is 19.1. The number of hydrogen-bond donors (Lipinski definition) is 3. The van der Waals surface area contributed by atoms with Gasteiger partial charge in [0.2, 0.25) is 17.7 Å². The number of hydrogen-bond acceptors (Lipinski definition) is 9. The van der Waals surface area contributed by atoms with E-state index in [1.54, 1.807) is 60.0 Å². The molecule has 1 heterocycles. The van der Waals surface area contributed by atoms with E-state index < -0.39 is 81.9 Å². The number of likely N-dealkylation sites (N-methyl/N-ethyl adjacent to an activating group) is 2. The first-order chi connectivity index (χ1) is 26.2. The van der Waals surface area contributed by atoms with E-state index in [1.807, 2.05) is 48.5 Å². The standard InChI is InChI=1S/C43H64FN5O8/c1-26(2)32(48(13)39(55)36(41(4,5)6)47-38(54)35(45-12)43(10,11)28-16-14-17-29(44)25-28)24-27(3)37(53)46-31(40(56)57-42(7,8)9)20-19-30(50)18-15-23-49-33(51)21-22-34(49)52/h14,16-17,21-22,24-26,31-32,35-36,45H,15,18-20,23H2,1-13H3,(H,46,53)(H,47,54)/b27-24+/t31-,32-,35-,36-/m1/s1. The molecule has 0 bridgehead atoms. The lowest BCUT2D eigenvalue weighted by molar-refractivity contribution is -0.158. The molecule has 316 valence electrons. The normalized spacial score (nSPS) is 15.9. The second kappa shape index (κ2) is 20.1. The van der Waals surface area contributed by atoms with Crippen LogP contribution < -0.4 is 16.0 Å². The number of Topliss-reactive ketones (excluding diaryl/α,β-unsaturated/α-hetero) is 1. The Hall–Kier alpha value is -4.72. The smallest absolute Gasteiger partial charge is 0.329 e. The number of carbonyl (C=O) groups is 7. The summed E-state index contributed by atoms with van der Waals surface area (Å²) in [6.45, 7) is 19.7. The van der Waals surface area contributed by atoms with Gasteiger partial charge < -0.3 is 25.6 Å². The predicted molar refractivity (Wildman–Crippen MR) is 216 cm³/mol. The Bertz CT molecular complexity index is 1700. The van der Waals surface area contributed by atoms with Gasteiger partial charge in [0.05, 0.1) is 12.1 Å². The molecule has 0 fully saturated rings. The van der Waals surface area contributed by atoms with Crippen LogP contribution in [0, 0.1) is 17.2 Å². The van der Waals surface area contributed by atoms with Crippen LogP contribution in [-0.2, 0) is 43.7 Å². The quantitative estimate of drug-likeness (QED) is 0.103. The van der Waals surface area contributed by atoms with E-state index in [9.17, 15) is 38.0 Å². The van der Waals surface area contributed by atoms with Gasteiger partial charge in [-0.3, -0.25) is 33.7 Å². The molecule has 0 spiro atoms. The minimum Gasteiger partial charge on any atom is -0.458 e. The Balaban J connectivity index is 2.26. The number of rotatable bonds is 19. The number of ketones is 1. The first kappa shape index (κ1) is 48.4. The molecule has 1 aliphatic rings. The van der Waals surface area contributed by atoms with Crippen molar-refractivity contribution in [2.24, 2.45) is 11.3 Å². The van der Waals surface area contributed by atoms with Crippen LogP contribution in [0.3, 0.4) is 0 Å². The summed E-state index contributed by atoms with van der Waals surface area (Å²) >= 11 is 0. The van der Waals surface area contributed by atoms with Gasteiger partial charge in [0.15, 0.2) is 0 Å². The van der Waals surface area contributed by atoms with E-state index in [0.717, 1.165) is 4.90 Å². The van der Waals surface area contributed by atoms with Crippen LogP contribution in [0.15, 0.2) is 48.1 Å². The fraction of sp³-hybridized carbons (Fsp3) is 0.605. The molecule has 1 aromatic rings. The van der Waals surface area contributed by atoms with Crippen LogP contribution in [0.1, 0.15) is 107 Å². The predicted octanol–water partition coefficient (Wildman–Crippen LogP) is 4.53. The van der Waals surface area contributed by atoms with Crippen LogP contribution >= 0.6 is 0 Å². The minimum atomic E-state index is -1.16. The first-order valence-corrected chi connectivity index (χ1v) is 19.5. The number of nitrogens with one attached hydrogen (secondary N) is 3. The third-order valence-corrected chi connectivity index (χ3v) is 9.94. The van der Waals surface area contributed by atoms with Gasteiger partial charge in [-0.25, -0.2) is 9.18 Å². The van der Waals surface area contributed by atoms with Crippen molar-refractivity contribution < 1.29 is 42.7 Å². The molecule has 3 N–H and O–H groups in total. The summed E-state index contributed by atoms with van der Waals surface area (Å²) in [5.74, 6) is -3.83. The van der Waals surface area contributed by atoms with Gasteiger partial charge in [0.1, 0.15) is 29.3 Å². The number of carbonyl (C=O) groups excluding carboxylic acids is 7. The molecule has 0 saturated heterocycles. The second-order valence-corrected chi connectivity index (χ2v) is 17.7. The summed E-state index contributed by atoms with van der Waals surface area (Å²) in [4.78, 5) is 94.0. The maximum atomic E-state index is 14.3. The molecule has 2 rings (SSSR count). The second-order valence-electron chi connectivity index (χ2n) is 17.7. The molecule has 14 heteroatoms. The molecule has 13 nitrogen and oxygen atoms in total. The molecule has 4 atom stereocenters. The summed E-state index contributed by atoms with van der Waals surface area (Å²) < 4.78 is 19.7. The Labute approximate surface area is 337 Å². The maximum absolute atomic E-state index is 14.3. The van der Waals surface area contributed by atoms with Crippen molar-refractivity contribution in [3.8, 4) is 0 Å². The van der Waals surface area contributed by atoms with Crippen molar-refractivity contribution in [2.45, 2.75) is 137 Å². The van der Waals surface area contributed by atoms with Gasteiger partial charge in [-0.1, -0.05) is 66.7 Å². The van der Waals surface area contributed by atoms with E-state index in [-0.39, 0.29) is 49.5 Å². The number of ether oxygens (including phenoxy) is 1. The maximum Gasteiger partial charge on any atom is 0.329 e. The molecule has 57 heavy (non-hydrogen) atoms. The van der Waals surface area contributed by atoms with Crippen LogP contribution in [-0.4, -0.2) is 101 Å². The number of benzene rings is 1. The van der Waals surface area contributed by atoms with Crippen molar-refractivity contribution in [2.75, 3.05) is 20.6 Å². The van der Waals surface area contributed by atoms with Crippen molar-refractivity contribution in [3.05, 3.63) is 59.4 Å². The molecule has 5 amide bonds. The molecule has 0 saturated carbocycles. The van der Waals surface area contributed by atoms with Gasteiger partial charge >= 0.3 is 5.97 Å². The molecule has 0 unspecified atom stereocenters. The lowest BCUT2D eigenvalue weighted by atomic mass is 9.76. The highest BCUT2D eigenvalue weighted by molar-refractivity contribution is 6.12. The zero-order valence-corrected chi connectivity index (χ0v) is 36.0. The van der Waals surface area contributed by atoms with Crippen LogP contribution in [0.4, 0.5) is 4.39 Å². The molecule has 0 aliphatic carbocycles. The van der Waals surface area contributed by atoms with Crippen LogP contribution in [0.2, 0.25) is 0 Å². The highest BCUT2D eigenvalue weighted by Gasteiger charge is 2.42. The summed E-state index contributed by atoms with van der Waals surface area (Å²) in [5.41, 5.74) is -1.64. The number of nitrogens with zero attached hydrogens (tertiary/aromatic N) is 2. The van der Waals surface area contributed by atoms with E-state index in [4.69, 9.17) is 4.74 Å². The molecule has 1 aliphatic heterocycles. The SMILES string of the molecule is CN[C@H](C(=O)N[C@H](C(=O)N(C)[C@H](/C=C(\C)C(=O)N[C@H](CCC(=O)CCCN1C(=O)C=CC1=O)C(=O)OC(C)(C)C)C(C)C)C(C)(C)C)C(C)(C)c1cccc(F)c1. The van der Waals surface area contributed by atoms with E-state index in [2.05, 4.69) is 16.0 Å². The third-order valence-electron chi connectivity index (χ3n) is 9.94. The molecular weight excluding hydrogens is 733 g/mol. The van der Waals surface area contributed by atoms with Crippen molar-refractivity contribution in [3.63, 3.8) is 0 Å². The lowest BCUT2D eigenvalue weighted by Gasteiger charge is -2.40. The van der Waals surface area contributed by atoms with E-state index >= 15 is 0 Å². The topological polar surface area (TPSA) is 171 Å². The first-order valence-electron chi connectivity index (χ1n) is 19.5. The number of esters is 1. The van der Waals surface area contributed by atoms with Crippen LogP contribution in [0.25, 0.3) is 0 Å². The Kier molecular flexibility index (Phi) is 17.1. The average molecular weight is 798 g/mol. The van der Waals surface area contributed by atoms with Crippen molar-refractivity contribution in [1.82, 2.24) is 25.8 Å². The Morgan fingerprint density at radius 3 is 2.02 bits per heavy atom. The zero-order chi connectivity index (χ0) is 43.6. The van der Waals surface area contributed by atoms with E-state index in [1.165, 1.54) is 29.2 Å². The largest absolute Gasteiger partial charge is 0.458 e. The van der Waals surface area contributed by atoms with Crippen molar-refractivity contribution in [1.29, 1.82) is 0 Å². The summed E-state index contributed by atoms with van der Waals surface area (Å²) in [6, 6.07) is 2.47. The fourth-order valence-electron chi connectivity index (χ4n) is 6.59. The average Bonchev–Trinajstić information content (AvgIpc) is 3.41. The Morgan fingerprint density at radius 1 is 0.912 bits per heavy atom. The third kappa shape index (κ3) is 14.0. The fourth-order valence-corrected chi connectivity index (χ4v) is 6.59. The van der Waals surface area contributed by atoms with Crippen LogP contribution in [0.5, 0.6) is 0 Å². The summed E-state index contributed by atoms with van der Waals surface area (Å²) in [5, 5.41) is 8.72. The molecule has 0 radical (unpaired) electrons. The van der Waals surface area contributed by atoms with Gasteiger partial charge in [-0.05, 0) is 76.6 Å². The lowest BCUT2D eigenvalue weighted by Crippen LogP contribution is -2.61. The number of amides is 5. The zero-order valence-electron chi connectivity index (χ0n) is 36.0.